The van der Waals surface area contributed by atoms with Crippen LogP contribution in [0.1, 0.15) is 45.6 Å². The Morgan fingerprint density at radius 3 is 2.06 bits per heavy atom. The fourth-order valence-corrected chi connectivity index (χ4v) is 6.91. The van der Waals surface area contributed by atoms with Gasteiger partial charge in [0.1, 0.15) is 0 Å². The zero-order chi connectivity index (χ0) is 26.1. The molecule has 11 heteroatoms. The van der Waals surface area contributed by atoms with Gasteiger partial charge in [0.25, 0.3) is 0 Å². The molecule has 0 aliphatic carbocycles. The molecule has 194 valence electrons. The number of sulfone groups is 1. The quantitative estimate of drug-likeness (QED) is 0.558. The van der Waals surface area contributed by atoms with E-state index in [0.717, 1.165) is 32.0 Å². The highest BCUT2D eigenvalue weighted by Gasteiger charge is 2.38. The maximum absolute atomic E-state index is 13.6. The highest BCUT2D eigenvalue weighted by atomic mass is 32.2. The van der Waals surface area contributed by atoms with Crippen LogP contribution in [0.2, 0.25) is 0 Å². The molecule has 0 saturated carbocycles. The first-order valence-electron chi connectivity index (χ1n) is 11.4. The van der Waals surface area contributed by atoms with Crippen LogP contribution in [0, 0.1) is 5.92 Å². The van der Waals surface area contributed by atoms with Gasteiger partial charge in [-0.2, -0.15) is 13.2 Å². The molecule has 3 rings (SSSR count). The van der Waals surface area contributed by atoms with Gasteiger partial charge in [0, 0.05) is 12.1 Å². The van der Waals surface area contributed by atoms with Crippen molar-refractivity contribution in [2.24, 2.45) is 5.92 Å². The molecule has 1 N–H and O–H groups in total. The Morgan fingerprint density at radius 1 is 0.914 bits per heavy atom. The van der Waals surface area contributed by atoms with Gasteiger partial charge in [0.05, 0.1) is 20.2 Å². The van der Waals surface area contributed by atoms with E-state index in [9.17, 15) is 30.0 Å². The molecule has 1 saturated heterocycles. The molecule has 0 amide bonds. The van der Waals surface area contributed by atoms with Crippen molar-refractivity contribution in [2.45, 2.75) is 66.4 Å². The van der Waals surface area contributed by atoms with Crippen molar-refractivity contribution in [3.05, 3.63) is 54.1 Å². The SMILES string of the molecule is CC(C)(C)N1CCC(CCNS(=O)(=O)c2cc(S(=O)(=O)c3ccccc3)ccc2C(F)(F)F)CC1. The van der Waals surface area contributed by atoms with Gasteiger partial charge in [-0.15, -0.1) is 0 Å². The summed E-state index contributed by atoms with van der Waals surface area (Å²) in [6.45, 7) is 8.11. The van der Waals surface area contributed by atoms with Crippen molar-refractivity contribution in [3.63, 3.8) is 0 Å². The molecule has 6 nitrogen and oxygen atoms in total. The first-order chi connectivity index (χ1) is 16.1. The van der Waals surface area contributed by atoms with Crippen molar-refractivity contribution in [3.8, 4) is 0 Å². The number of nitrogens with one attached hydrogen (secondary N) is 1. The summed E-state index contributed by atoms with van der Waals surface area (Å²) in [5, 5.41) is 0. The number of nitrogens with zero attached hydrogens (tertiary/aromatic N) is 1. The average molecular weight is 533 g/mol. The van der Waals surface area contributed by atoms with Crippen LogP contribution in [0.3, 0.4) is 0 Å². The van der Waals surface area contributed by atoms with E-state index in [2.05, 4.69) is 30.4 Å². The van der Waals surface area contributed by atoms with Crippen LogP contribution in [-0.2, 0) is 26.0 Å². The van der Waals surface area contributed by atoms with Crippen LogP contribution >= 0.6 is 0 Å². The molecule has 1 heterocycles. The standard InChI is InChI=1S/C24H31F3N2O4S2/c1-23(2,3)29-15-12-18(13-16-29)11-14-28-35(32,33)22-17-20(9-10-21(22)24(25,26)27)34(30,31)19-7-5-4-6-8-19/h4-10,17-18,28H,11-16H2,1-3H3. The molecule has 2 aromatic rings. The topological polar surface area (TPSA) is 83.6 Å². The second-order valence-electron chi connectivity index (χ2n) is 9.76. The monoisotopic (exact) mass is 532 g/mol. The molecule has 35 heavy (non-hydrogen) atoms. The lowest BCUT2D eigenvalue weighted by Gasteiger charge is -2.41. The lowest BCUT2D eigenvalue weighted by Crippen LogP contribution is -2.46. The predicted molar refractivity (Wildman–Crippen MR) is 127 cm³/mol. The Hall–Kier alpha value is -1.95. The third-order valence-corrected chi connectivity index (χ3v) is 9.59. The van der Waals surface area contributed by atoms with E-state index < -0.39 is 41.4 Å². The van der Waals surface area contributed by atoms with Crippen molar-refractivity contribution in [2.75, 3.05) is 19.6 Å². The molecule has 0 spiro atoms. The predicted octanol–water partition coefficient (Wildman–Crippen LogP) is 4.72. The Labute approximate surface area is 205 Å². The van der Waals surface area contributed by atoms with Gasteiger partial charge in [-0.3, -0.25) is 4.90 Å². The molecular weight excluding hydrogens is 501 g/mol. The summed E-state index contributed by atoms with van der Waals surface area (Å²) in [6, 6.07) is 9.02. The first kappa shape index (κ1) is 27.6. The third kappa shape index (κ3) is 6.63. The number of hydrogen-bond donors (Lipinski definition) is 1. The molecule has 1 fully saturated rings. The summed E-state index contributed by atoms with van der Waals surface area (Å²) in [5.74, 6) is 0.253. The Balaban J connectivity index is 1.80. The summed E-state index contributed by atoms with van der Waals surface area (Å²) in [5.41, 5.74) is -1.36. The molecule has 0 radical (unpaired) electrons. The van der Waals surface area contributed by atoms with Crippen LogP contribution in [-0.4, -0.2) is 46.9 Å². The number of likely N-dealkylation sites (tertiary alicyclic amines) is 1. The number of sulfonamides is 1. The smallest absolute Gasteiger partial charge is 0.298 e. The maximum atomic E-state index is 13.6. The van der Waals surface area contributed by atoms with Gasteiger partial charge in [0.2, 0.25) is 19.9 Å². The number of halogens is 3. The second-order valence-corrected chi connectivity index (χ2v) is 13.4. The van der Waals surface area contributed by atoms with E-state index in [0.29, 0.717) is 18.6 Å². The summed E-state index contributed by atoms with van der Waals surface area (Å²) in [4.78, 5) is 0.593. The zero-order valence-electron chi connectivity index (χ0n) is 20.0. The van der Waals surface area contributed by atoms with Crippen molar-refractivity contribution < 1.29 is 30.0 Å². The Bertz CT molecular complexity index is 1230. The molecule has 0 aromatic heterocycles. The summed E-state index contributed by atoms with van der Waals surface area (Å²) in [6.07, 6.45) is -2.74. The van der Waals surface area contributed by atoms with Crippen LogP contribution in [0.25, 0.3) is 0 Å². The maximum Gasteiger partial charge on any atom is 0.417 e. The highest BCUT2D eigenvalue weighted by Crippen LogP contribution is 2.36. The molecule has 2 aromatic carbocycles. The molecular formula is C24H31F3N2O4S2. The number of rotatable bonds is 7. The molecule has 0 unspecified atom stereocenters. The molecule has 1 aliphatic rings. The number of benzene rings is 2. The fraction of sp³-hybridized carbons (Fsp3) is 0.500. The minimum absolute atomic E-state index is 0.0323. The number of hydrogen-bond acceptors (Lipinski definition) is 5. The van der Waals surface area contributed by atoms with E-state index in [4.69, 9.17) is 0 Å². The van der Waals surface area contributed by atoms with Gasteiger partial charge in [-0.05, 0) is 89.4 Å². The normalized spacial score (nSPS) is 17.0. The van der Waals surface area contributed by atoms with Gasteiger partial charge in [-0.25, -0.2) is 21.6 Å². The third-order valence-electron chi connectivity index (χ3n) is 6.32. The van der Waals surface area contributed by atoms with Crippen LogP contribution < -0.4 is 4.72 Å². The van der Waals surface area contributed by atoms with Gasteiger partial charge in [0.15, 0.2) is 0 Å². The Morgan fingerprint density at radius 2 is 1.51 bits per heavy atom. The van der Waals surface area contributed by atoms with Gasteiger partial charge in [-0.1, -0.05) is 18.2 Å². The molecule has 0 atom stereocenters. The minimum Gasteiger partial charge on any atom is -0.298 e. The zero-order valence-corrected chi connectivity index (χ0v) is 21.6. The summed E-state index contributed by atoms with van der Waals surface area (Å²) < 4.78 is 94.8. The van der Waals surface area contributed by atoms with Crippen molar-refractivity contribution in [1.29, 1.82) is 0 Å². The average Bonchev–Trinajstić information content (AvgIpc) is 2.78. The minimum atomic E-state index is -4.97. The van der Waals surface area contributed by atoms with E-state index in [1.165, 1.54) is 24.3 Å². The highest BCUT2D eigenvalue weighted by molar-refractivity contribution is 7.91. The number of piperidine rings is 1. The van der Waals surface area contributed by atoms with E-state index in [1.54, 1.807) is 6.07 Å². The van der Waals surface area contributed by atoms with E-state index in [-0.39, 0.29) is 22.9 Å². The summed E-state index contributed by atoms with van der Waals surface area (Å²) in [7, 11) is -8.82. The molecule has 0 bridgehead atoms. The van der Waals surface area contributed by atoms with Crippen molar-refractivity contribution in [1.82, 2.24) is 9.62 Å². The van der Waals surface area contributed by atoms with Crippen LogP contribution in [0.4, 0.5) is 13.2 Å². The lowest BCUT2D eigenvalue weighted by molar-refractivity contribution is -0.139. The molecule has 1 aliphatic heterocycles. The van der Waals surface area contributed by atoms with Gasteiger partial charge >= 0.3 is 6.18 Å². The van der Waals surface area contributed by atoms with Gasteiger partial charge < -0.3 is 0 Å². The second kappa shape index (κ2) is 10.2. The number of alkyl halides is 3. The van der Waals surface area contributed by atoms with E-state index >= 15 is 0 Å². The first-order valence-corrected chi connectivity index (χ1v) is 14.3. The fourth-order valence-electron chi connectivity index (χ4n) is 4.23. The largest absolute Gasteiger partial charge is 0.417 e. The van der Waals surface area contributed by atoms with Crippen molar-refractivity contribution >= 4 is 19.9 Å². The summed E-state index contributed by atoms with van der Waals surface area (Å²) >= 11 is 0. The Kier molecular flexibility index (Phi) is 8.05. The van der Waals surface area contributed by atoms with Crippen LogP contribution in [0.5, 0.6) is 0 Å². The van der Waals surface area contributed by atoms with Crippen LogP contribution in [0.15, 0.2) is 63.2 Å². The van der Waals surface area contributed by atoms with E-state index in [1.807, 2.05) is 0 Å². The lowest BCUT2D eigenvalue weighted by atomic mass is 9.91.